The van der Waals surface area contributed by atoms with Gasteiger partial charge >= 0.3 is 11.9 Å². The van der Waals surface area contributed by atoms with Crippen LogP contribution in [0, 0.1) is 0 Å². The highest BCUT2D eigenvalue weighted by Gasteiger charge is 2.09. The highest BCUT2D eigenvalue weighted by Crippen LogP contribution is 1.95. The lowest BCUT2D eigenvalue weighted by Crippen LogP contribution is -2.03. The first-order valence-corrected chi connectivity index (χ1v) is 2.33. The van der Waals surface area contributed by atoms with Crippen LogP contribution in [0.1, 0.15) is 12.8 Å². The Morgan fingerprint density at radius 1 is 1.00 bits per heavy atom. The highest BCUT2D eigenvalue weighted by molar-refractivity contribution is 5.76. The molecule has 0 radical (unpaired) electrons. The Balaban J connectivity index is 3.35. The molecule has 0 saturated carbocycles. The molecule has 0 spiro atoms. The van der Waals surface area contributed by atoms with E-state index in [1.165, 1.54) is 0 Å². The molecule has 0 aliphatic heterocycles. The van der Waals surface area contributed by atoms with Crippen LogP contribution in [0.15, 0.2) is 0 Å². The first-order chi connectivity index (χ1) is 4.70. The molecule has 0 aromatic carbocycles. The second kappa shape index (κ2) is 4.66. The summed E-state index contributed by atoms with van der Waals surface area (Å²) in [6.07, 6.45) is -1.06. The zero-order valence-electron chi connectivity index (χ0n) is 4.80. The molecule has 0 N–H and O–H groups in total. The van der Waals surface area contributed by atoms with Crippen LogP contribution >= 0.6 is 0 Å². The summed E-state index contributed by atoms with van der Waals surface area (Å²) in [4.78, 5) is 25.2. The fourth-order valence-electron chi connectivity index (χ4n) is 0.281. The highest BCUT2D eigenvalue weighted by atomic mass is 19.3. The summed E-state index contributed by atoms with van der Waals surface area (Å²) in [6.45, 7) is 0. The standard InChI is InChI=1S/C4H4F2O4/c5-9-3(7)1-2-4(8)10-6/h1-2H2. The van der Waals surface area contributed by atoms with Crippen molar-refractivity contribution in [3.63, 3.8) is 0 Å². The number of carbonyl (C=O) groups excluding carboxylic acids is 2. The van der Waals surface area contributed by atoms with Crippen LogP contribution in [0.4, 0.5) is 9.05 Å². The topological polar surface area (TPSA) is 52.6 Å². The van der Waals surface area contributed by atoms with Crippen LogP contribution in [0.5, 0.6) is 0 Å². The molecule has 6 heteroatoms. The van der Waals surface area contributed by atoms with Gasteiger partial charge in [0.1, 0.15) is 0 Å². The Hall–Kier alpha value is -1.20. The van der Waals surface area contributed by atoms with Gasteiger partial charge in [-0.2, -0.15) is 0 Å². The lowest BCUT2D eigenvalue weighted by molar-refractivity contribution is -0.190. The van der Waals surface area contributed by atoms with Crippen LogP contribution < -0.4 is 0 Å². The van der Waals surface area contributed by atoms with Crippen molar-refractivity contribution >= 4 is 11.9 Å². The molecular formula is C4H4F2O4. The molecule has 0 atom stereocenters. The molecule has 4 nitrogen and oxygen atoms in total. The minimum Gasteiger partial charge on any atom is -0.255 e. The Kier molecular flexibility index (Phi) is 4.10. The summed E-state index contributed by atoms with van der Waals surface area (Å²) in [5.41, 5.74) is 0. The van der Waals surface area contributed by atoms with Crippen molar-refractivity contribution in [1.29, 1.82) is 0 Å². The van der Waals surface area contributed by atoms with Crippen molar-refractivity contribution < 1.29 is 28.5 Å². The molecule has 10 heavy (non-hydrogen) atoms. The van der Waals surface area contributed by atoms with Crippen molar-refractivity contribution in [3.05, 3.63) is 0 Å². The zero-order chi connectivity index (χ0) is 7.98. The molecule has 0 aliphatic rings. The molecule has 0 unspecified atom stereocenters. The number of halogens is 2. The van der Waals surface area contributed by atoms with Gasteiger partial charge in [-0.15, -0.1) is 0 Å². The van der Waals surface area contributed by atoms with Crippen molar-refractivity contribution in [3.8, 4) is 0 Å². The van der Waals surface area contributed by atoms with E-state index in [0.717, 1.165) is 0 Å². The zero-order valence-corrected chi connectivity index (χ0v) is 4.80. The molecular weight excluding hydrogens is 150 g/mol. The molecule has 0 heterocycles. The van der Waals surface area contributed by atoms with Gasteiger partial charge in [-0.25, -0.2) is 9.59 Å². The molecule has 0 amide bonds. The average Bonchev–Trinajstić information content (AvgIpc) is 1.99. The average molecular weight is 154 g/mol. The summed E-state index contributed by atoms with van der Waals surface area (Å²) >= 11 is 0. The summed E-state index contributed by atoms with van der Waals surface area (Å²) in [5.74, 6) is -2.46. The minimum atomic E-state index is -1.23. The van der Waals surface area contributed by atoms with Crippen molar-refractivity contribution in [2.45, 2.75) is 12.8 Å². The summed E-state index contributed by atoms with van der Waals surface area (Å²) in [5, 5.41) is 0. The van der Waals surface area contributed by atoms with Gasteiger partial charge in [0.25, 0.3) is 0 Å². The summed E-state index contributed by atoms with van der Waals surface area (Å²) in [6, 6.07) is 0. The van der Waals surface area contributed by atoms with Gasteiger partial charge < -0.3 is 0 Å². The largest absolute Gasteiger partial charge is 0.349 e. The number of hydrogen-bond donors (Lipinski definition) is 0. The monoisotopic (exact) mass is 154 g/mol. The number of hydrogen-bond acceptors (Lipinski definition) is 4. The number of carbonyl (C=O) groups is 2. The van der Waals surface area contributed by atoms with Gasteiger partial charge in [-0.05, 0) is 0 Å². The van der Waals surface area contributed by atoms with Crippen molar-refractivity contribution in [2.75, 3.05) is 0 Å². The van der Waals surface area contributed by atoms with E-state index < -0.39 is 24.8 Å². The summed E-state index contributed by atoms with van der Waals surface area (Å²) < 4.78 is 21.7. The predicted molar refractivity (Wildman–Crippen MR) is 23.6 cm³/mol. The first kappa shape index (κ1) is 8.80. The summed E-state index contributed by atoms with van der Waals surface area (Å²) in [7, 11) is 0. The Labute approximate surface area is 54.5 Å². The van der Waals surface area contributed by atoms with Gasteiger partial charge in [-0.3, -0.25) is 9.88 Å². The third-order valence-corrected chi connectivity index (χ3v) is 0.705. The van der Waals surface area contributed by atoms with E-state index in [1.54, 1.807) is 0 Å². The maximum Gasteiger partial charge on any atom is 0.349 e. The van der Waals surface area contributed by atoms with Crippen LogP contribution in [0.2, 0.25) is 0 Å². The van der Waals surface area contributed by atoms with Crippen LogP contribution in [-0.4, -0.2) is 11.9 Å². The molecule has 0 fully saturated rings. The van der Waals surface area contributed by atoms with Gasteiger partial charge in [0.2, 0.25) is 0 Å². The predicted octanol–water partition coefficient (Wildman–Crippen LogP) is 0.622. The Morgan fingerprint density at radius 3 is 1.50 bits per heavy atom. The Bertz CT molecular complexity index is 119. The Morgan fingerprint density at radius 2 is 1.30 bits per heavy atom. The third-order valence-electron chi connectivity index (χ3n) is 0.705. The first-order valence-electron chi connectivity index (χ1n) is 2.33. The van der Waals surface area contributed by atoms with Gasteiger partial charge in [0, 0.05) is 9.05 Å². The second-order valence-corrected chi connectivity index (χ2v) is 1.40. The normalized spacial score (nSPS) is 8.60. The molecule has 0 bridgehead atoms. The molecule has 58 valence electrons. The van der Waals surface area contributed by atoms with E-state index in [0.29, 0.717) is 0 Å². The maximum absolute atomic E-state index is 10.8. The van der Waals surface area contributed by atoms with Crippen LogP contribution in [-0.2, 0) is 19.5 Å². The fourth-order valence-corrected chi connectivity index (χ4v) is 0.281. The maximum atomic E-state index is 10.8. The van der Waals surface area contributed by atoms with E-state index in [4.69, 9.17) is 0 Å². The van der Waals surface area contributed by atoms with Crippen molar-refractivity contribution in [1.82, 2.24) is 0 Å². The molecule has 0 aliphatic carbocycles. The van der Waals surface area contributed by atoms with Crippen molar-refractivity contribution in [2.24, 2.45) is 0 Å². The lowest BCUT2D eigenvalue weighted by atomic mass is 10.3. The fraction of sp³-hybridized carbons (Fsp3) is 0.500. The van der Waals surface area contributed by atoms with E-state index >= 15 is 0 Å². The molecule has 0 aromatic heterocycles. The molecule has 0 aromatic rings. The van der Waals surface area contributed by atoms with Gasteiger partial charge in [0.15, 0.2) is 0 Å². The van der Waals surface area contributed by atoms with Gasteiger partial charge in [-0.1, -0.05) is 0 Å². The quantitative estimate of drug-likeness (QED) is 0.597. The van der Waals surface area contributed by atoms with E-state index in [9.17, 15) is 18.6 Å². The molecule has 0 rings (SSSR count). The van der Waals surface area contributed by atoms with E-state index in [-0.39, 0.29) is 0 Å². The van der Waals surface area contributed by atoms with Gasteiger partial charge in [0.05, 0.1) is 12.8 Å². The SMILES string of the molecule is O=C(CCC(=O)OF)OF. The number of rotatable bonds is 3. The van der Waals surface area contributed by atoms with Crippen LogP contribution in [0.3, 0.4) is 0 Å². The van der Waals surface area contributed by atoms with E-state index in [2.05, 4.69) is 9.88 Å². The lowest BCUT2D eigenvalue weighted by Gasteiger charge is -1.89. The molecule has 0 saturated heterocycles. The smallest absolute Gasteiger partial charge is 0.255 e. The minimum absolute atomic E-state index is 0.529. The van der Waals surface area contributed by atoms with E-state index in [1.807, 2.05) is 0 Å². The van der Waals surface area contributed by atoms with Crippen LogP contribution in [0.25, 0.3) is 0 Å². The third kappa shape index (κ3) is 3.76. The second-order valence-electron chi connectivity index (χ2n) is 1.40.